The highest BCUT2D eigenvalue weighted by Gasteiger charge is 2.09. The van der Waals surface area contributed by atoms with Gasteiger partial charge in [-0.15, -0.1) is 0 Å². The normalized spacial score (nSPS) is 10.1. The van der Waals surface area contributed by atoms with Crippen molar-refractivity contribution in [1.82, 2.24) is 10.2 Å². The molecule has 0 spiro atoms. The number of nitrogens with one attached hydrogen (secondary N) is 1. The average Bonchev–Trinajstić information content (AvgIpc) is 2.77. The second-order valence-corrected chi connectivity index (χ2v) is 3.57. The summed E-state index contributed by atoms with van der Waals surface area (Å²) in [5.74, 6) is 0.595. The molecule has 16 heavy (non-hydrogen) atoms. The molecule has 0 saturated carbocycles. The van der Waals surface area contributed by atoms with Crippen LogP contribution in [0.2, 0.25) is 5.02 Å². The molecular weight excluding hydrogens is 228 g/mol. The lowest BCUT2D eigenvalue weighted by atomic mass is 10.1. The van der Waals surface area contributed by atoms with Gasteiger partial charge in [0.05, 0.1) is 29.6 Å². The third kappa shape index (κ3) is 1.79. The van der Waals surface area contributed by atoms with Crippen LogP contribution in [-0.4, -0.2) is 23.6 Å². The van der Waals surface area contributed by atoms with E-state index in [-0.39, 0.29) is 0 Å². The summed E-state index contributed by atoms with van der Waals surface area (Å²) < 4.78 is 5.05. The smallest absolute Gasteiger partial charge is 0.153 e. The number of methoxy groups -OCH3 is 1. The zero-order chi connectivity index (χ0) is 11.5. The predicted molar refractivity (Wildman–Crippen MR) is 61.0 cm³/mol. The van der Waals surface area contributed by atoms with Gasteiger partial charge >= 0.3 is 0 Å². The van der Waals surface area contributed by atoms with Gasteiger partial charge in [-0.05, 0) is 18.2 Å². The molecule has 1 aromatic carbocycles. The average molecular weight is 237 g/mol. The molecule has 0 atom stereocenters. The first-order valence-electron chi connectivity index (χ1n) is 4.58. The number of nitrogens with zero attached hydrogens (tertiary/aromatic N) is 1. The molecule has 0 aliphatic heterocycles. The van der Waals surface area contributed by atoms with Gasteiger partial charge in [0, 0.05) is 5.56 Å². The molecule has 2 rings (SSSR count). The van der Waals surface area contributed by atoms with Crippen molar-refractivity contribution >= 4 is 17.9 Å². The van der Waals surface area contributed by atoms with E-state index in [4.69, 9.17) is 16.3 Å². The molecule has 82 valence electrons. The van der Waals surface area contributed by atoms with Crippen LogP contribution in [0.15, 0.2) is 24.4 Å². The summed E-state index contributed by atoms with van der Waals surface area (Å²) in [7, 11) is 1.55. The molecule has 1 N–H and O–H groups in total. The van der Waals surface area contributed by atoms with E-state index in [9.17, 15) is 4.79 Å². The van der Waals surface area contributed by atoms with E-state index in [0.29, 0.717) is 22.0 Å². The molecule has 4 nitrogen and oxygen atoms in total. The second-order valence-electron chi connectivity index (χ2n) is 3.17. The molecule has 1 aromatic heterocycles. The molecule has 1 heterocycles. The molecule has 2 aromatic rings. The van der Waals surface area contributed by atoms with Gasteiger partial charge < -0.3 is 4.74 Å². The highest BCUT2D eigenvalue weighted by atomic mass is 35.5. The summed E-state index contributed by atoms with van der Waals surface area (Å²) in [4.78, 5) is 10.8. The van der Waals surface area contributed by atoms with Crippen LogP contribution in [0.4, 0.5) is 0 Å². The SMILES string of the molecule is COc1ccc(-c2[nH]ncc2C=O)cc1Cl. The number of benzene rings is 1. The highest BCUT2D eigenvalue weighted by molar-refractivity contribution is 6.32. The number of carbonyl (C=O) groups excluding carboxylic acids is 1. The Morgan fingerprint density at radius 3 is 2.94 bits per heavy atom. The van der Waals surface area contributed by atoms with Crippen molar-refractivity contribution in [2.75, 3.05) is 7.11 Å². The summed E-state index contributed by atoms with van der Waals surface area (Å²) >= 11 is 5.99. The van der Waals surface area contributed by atoms with Gasteiger partial charge in [-0.25, -0.2) is 0 Å². The fraction of sp³-hybridized carbons (Fsp3) is 0.0909. The van der Waals surface area contributed by atoms with Gasteiger partial charge in [-0.1, -0.05) is 11.6 Å². The zero-order valence-electron chi connectivity index (χ0n) is 8.53. The third-order valence-corrected chi connectivity index (χ3v) is 2.53. The number of rotatable bonds is 3. The third-order valence-electron chi connectivity index (χ3n) is 2.24. The highest BCUT2D eigenvalue weighted by Crippen LogP contribution is 2.30. The molecule has 0 unspecified atom stereocenters. The molecule has 0 radical (unpaired) electrons. The standard InChI is InChI=1S/C11H9ClN2O2/c1-16-10-3-2-7(4-9(10)12)11-8(6-15)5-13-14-11/h2-6H,1H3,(H,13,14). The van der Waals surface area contributed by atoms with Gasteiger partial charge in [0.15, 0.2) is 6.29 Å². The van der Waals surface area contributed by atoms with Crippen LogP contribution in [0.3, 0.4) is 0 Å². The van der Waals surface area contributed by atoms with E-state index in [0.717, 1.165) is 11.8 Å². The van der Waals surface area contributed by atoms with Gasteiger partial charge in [-0.2, -0.15) is 5.10 Å². The summed E-state index contributed by atoms with van der Waals surface area (Å²) in [5.41, 5.74) is 1.95. The Morgan fingerprint density at radius 1 is 1.50 bits per heavy atom. The fourth-order valence-corrected chi connectivity index (χ4v) is 1.70. The number of aromatic amines is 1. The monoisotopic (exact) mass is 236 g/mol. The van der Waals surface area contributed by atoms with Crippen LogP contribution >= 0.6 is 11.6 Å². The largest absolute Gasteiger partial charge is 0.495 e. The Bertz CT molecular complexity index is 522. The summed E-state index contributed by atoms with van der Waals surface area (Å²) in [5, 5.41) is 7.06. The van der Waals surface area contributed by atoms with E-state index in [1.807, 2.05) is 6.07 Å². The minimum atomic E-state index is 0.492. The van der Waals surface area contributed by atoms with Crippen LogP contribution in [-0.2, 0) is 0 Å². The Labute approximate surface area is 97.2 Å². The maximum Gasteiger partial charge on any atom is 0.153 e. The Hall–Kier alpha value is -1.81. The Balaban J connectivity index is 2.49. The minimum absolute atomic E-state index is 0.492. The van der Waals surface area contributed by atoms with Crippen LogP contribution < -0.4 is 4.74 Å². The van der Waals surface area contributed by atoms with Crippen LogP contribution in [0.25, 0.3) is 11.3 Å². The molecule has 0 aliphatic carbocycles. The Morgan fingerprint density at radius 2 is 2.31 bits per heavy atom. The molecule has 0 aliphatic rings. The van der Waals surface area contributed by atoms with Gasteiger partial charge in [0.1, 0.15) is 5.75 Å². The number of halogens is 1. The maximum atomic E-state index is 10.8. The number of hydrogen-bond donors (Lipinski definition) is 1. The van der Waals surface area contributed by atoms with Gasteiger partial charge in [0.2, 0.25) is 0 Å². The van der Waals surface area contributed by atoms with Crippen LogP contribution in [0, 0.1) is 0 Å². The van der Waals surface area contributed by atoms with E-state index in [2.05, 4.69) is 10.2 Å². The molecule has 0 amide bonds. The van der Waals surface area contributed by atoms with Crippen LogP contribution in [0.1, 0.15) is 10.4 Å². The van der Waals surface area contributed by atoms with E-state index >= 15 is 0 Å². The zero-order valence-corrected chi connectivity index (χ0v) is 9.28. The van der Waals surface area contributed by atoms with Crippen molar-refractivity contribution in [1.29, 1.82) is 0 Å². The molecular formula is C11H9ClN2O2. The van der Waals surface area contributed by atoms with Crippen molar-refractivity contribution in [2.24, 2.45) is 0 Å². The first kappa shape index (κ1) is 10.7. The van der Waals surface area contributed by atoms with E-state index < -0.39 is 0 Å². The van der Waals surface area contributed by atoms with Crippen molar-refractivity contribution < 1.29 is 9.53 Å². The maximum absolute atomic E-state index is 10.8. The predicted octanol–water partition coefficient (Wildman–Crippen LogP) is 2.55. The fourth-order valence-electron chi connectivity index (χ4n) is 1.44. The lowest BCUT2D eigenvalue weighted by Crippen LogP contribution is -1.87. The van der Waals surface area contributed by atoms with Crippen molar-refractivity contribution in [3.8, 4) is 17.0 Å². The second kappa shape index (κ2) is 4.37. The van der Waals surface area contributed by atoms with Crippen LogP contribution in [0.5, 0.6) is 5.75 Å². The van der Waals surface area contributed by atoms with Crippen molar-refractivity contribution in [2.45, 2.75) is 0 Å². The van der Waals surface area contributed by atoms with Crippen molar-refractivity contribution in [3.05, 3.63) is 35.0 Å². The minimum Gasteiger partial charge on any atom is -0.495 e. The lowest BCUT2D eigenvalue weighted by Gasteiger charge is -2.05. The Kier molecular flexibility index (Phi) is 2.92. The summed E-state index contributed by atoms with van der Waals surface area (Å²) in [6, 6.07) is 5.28. The topological polar surface area (TPSA) is 55.0 Å². The first-order chi connectivity index (χ1) is 7.76. The van der Waals surface area contributed by atoms with Gasteiger partial charge in [0.25, 0.3) is 0 Å². The number of aromatic nitrogens is 2. The summed E-state index contributed by atoms with van der Waals surface area (Å²) in [6.45, 7) is 0. The lowest BCUT2D eigenvalue weighted by molar-refractivity contribution is 0.112. The molecule has 0 bridgehead atoms. The van der Waals surface area contributed by atoms with E-state index in [1.54, 1.807) is 19.2 Å². The quantitative estimate of drug-likeness (QED) is 0.834. The number of aldehydes is 1. The number of H-pyrrole nitrogens is 1. The van der Waals surface area contributed by atoms with E-state index in [1.165, 1.54) is 6.20 Å². The molecule has 0 saturated heterocycles. The van der Waals surface area contributed by atoms with Crippen molar-refractivity contribution in [3.63, 3.8) is 0 Å². The number of ether oxygens (including phenoxy) is 1. The first-order valence-corrected chi connectivity index (χ1v) is 4.96. The summed E-state index contributed by atoms with van der Waals surface area (Å²) in [6.07, 6.45) is 2.22. The number of hydrogen-bond acceptors (Lipinski definition) is 3. The van der Waals surface area contributed by atoms with Gasteiger partial charge in [-0.3, -0.25) is 9.89 Å². The number of carbonyl (C=O) groups is 1. The molecule has 0 fully saturated rings. The molecule has 5 heteroatoms.